The van der Waals surface area contributed by atoms with Gasteiger partial charge in [-0.25, -0.2) is 9.78 Å². The summed E-state index contributed by atoms with van der Waals surface area (Å²) in [7, 11) is 0. The van der Waals surface area contributed by atoms with E-state index in [2.05, 4.69) is 15.1 Å². The third-order valence-electron chi connectivity index (χ3n) is 5.27. The predicted molar refractivity (Wildman–Crippen MR) is 117 cm³/mol. The maximum atomic E-state index is 12.6. The highest BCUT2D eigenvalue weighted by molar-refractivity contribution is 5.84. The molecule has 3 aromatic heterocycles. The maximum Gasteiger partial charge on any atom is 0.330 e. The van der Waals surface area contributed by atoms with E-state index >= 15 is 0 Å². The number of nitrogens with zero attached hydrogens (tertiary/aromatic N) is 4. The van der Waals surface area contributed by atoms with E-state index < -0.39 is 17.2 Å². The van der Waals surface area contributed by atoms with Gasteiger partial charge in [0, 0.05) is 18.5 Å². The molecule has 0 bridgehead atoms. The summed E-state index contributed by atoms with van der Waals surface area (Å²) in [6.07, 6.45) is 2.36. The van der Waals surface area contributed by atoms with Crippen molar-refractivity contribution in [3.63, 3.8) is 0 Å². The van der Waals surface area contributed by atoms with Crippen LogP contribution in [0.25, 0.3) is 22.1 Å². The fraction of sp³-hybridized carbons (Fsp3) is 0.409. The molecule has 0 spiro atoms. The van der Waals surface area contributed by atoms with Gasteiger partial charge in [0.2, 0.25) is 0 Å². The number of nitrogens with one attached hydrogen (secondary N) is 1. The Hall–Kier alpha value is -3.69. The lowest BCUT2D eigenvalue weighted by molar-refractivity contribution is -0.144. The van der Waals surface area contributed by atoms with Gasteiger partial charge < -0.3 is 13.8 Å². The smallest absolute Gasteiger partial charge is 0.330 e. The molecule has 3 heterocycles. The average Bonchev–Trinajstić information content (AvgIpc) is 3.34. The quantitative estimate of drug-likeness (QED) is 0.397. The Labute approximate surface area is 182 Å². The molecule has 1 N–H and O–H groups in total. The van der Waals surface area contributed by atoms with E-state index in [-0.39, 0.29) is 13.0 Å². The fourth-order valence-corrected chi connectivity index (χ4v) is 3.71. The molecule has 0 saturated heterocycles. The molecule has 1 aromatic carbocycles. The summed E-state index contributed by atoms with van der Waals surface area (Å²) in [6, 6.07) is 7.28. The van der Waals surface area contributed by atoms with Gasteiger partial charge in [0.05, 0.1) is 6.42 Å². The molecule has 4 rings (SSSR count). The van der Waals surface area contributed by atoms with Crippen molar-refractivity contribution in [2.75, 3.05) is 0 Å². The van der Waals surface area contributed by atoms with Crippen molar-refractivity contribution in [1.29, 1.82) is 0 Å². The number of rotatable bonds is 9. The van der Waals surface area contributed by atoms with E-state index in [9.17, 15) is 14.4 Å². The lowest BCUT2D eigenvalue weighted by Crippen LogP contribution is -2.31. The van der Waals surface area contributed by atoms with Crippen molar-refractivity contribution in [2.45, 2.75) is 59.2 Å². The molecule has 10 heteroatoms. The first-order chi connectivity index (χ1) is 15.5. The number of benzene rings is 1. The van der Waals surface area contributed by atoms with Gasteiger partial charge in [-0.3, -0.25) is 19.1 Å². The second-order valence-electron chi connectivity index (χ2n) is 7.58. The van der Waals surface area contributed by atoms with Gasteiger partial charge in [0.1, 0.15) is 18.1 Å². The van der Waals surface area contributed by atoms with Crippen LogP contribution in [0.1, 0.15) is 44.6 Å². The number of unbranched alkanes of at least 4 members (excludes halogenated alkanes) is 1. The average molecular weight is 439 g/mol. The molecule has 4 aromatic rings. The number of aryl methyl sites for hydroxylation is 2. The van der Waals surface area contributed by atoms with E-state index in [0.29, 0.717) is 41.4 Å². The highest BCUT2D eigenvalue weighted by Gasteiger charge is 2.20. The highest BCUT2D eigenvalue weighted by Crippen LogP contribution is 2.19. The van der Waals surface area contributed by atoms with E-state index in [4.69, 9.17) is 9.26 Å². The second-order valence-corrected chi connectivity index (χ2v) is 7.58. The number of fused-ring (bicyclic) bond motifs is 2. The van der Waals surface area contributed by atoms with Crippen LogP contribution in [0.3, 0.4) is 0 Å². The molecule has 10 nitrogen and oxygen atoms in total. The molecule has 0 fully saturated rings. The zero-order chi connectivity index (χ0) is 22.7. The Bertz CT molecular complexity index is 1380. The van der Waals surface area contributed by atoms with Crippen molar-refractivity contribution < 1.29 is 14.1 Å². The first-order valence-electron chi connectivity index (χ1n) is 10.7. The van der Waals surface area contributed by atoms with Gasteiger partial charge in [-0.1, -0.05) is 37.6 Å². The second kappa shape index (κ2) is 9.21. The molecule has 0 atom stereocenters. The van der Waals surface area contributed by atoms with Gasteiger partial charge in [0.15, 0.2) is 16.7 Å². The van der Waals surface area contributed by atoms with Gasteiger partial charge in [-0.2, -0.15) is 0 Å². The molecule has 0 aliphatic heterocycles. The minimum atomic E-state index is -0.495. The number of para-hydroxylation sites is 1. The number of aromatic nitrogens is 5. The standard InChI is InChI=1S/C22H25N5O5/c1-3-5-11-27-20-19(21(29)24-22(27)30)26(10-4-2)17(23-20)13-31-18(28)12-15-14-8-6-7-9-16(14)32-25-15/h6-9H,3-5,10-13H2,1-2H3,(H,24,29,30). The molecule has 32 heavy (non-hydrogen) atoms. The summed E-state index contributed by atoms with van der Waals surface area (Å²) in [5.41, 5.74) is 0.746. The Balaban J connectivity index is 1.61. The highest BCUT2D eigenvalue weighted by atomic mass is 16.5. The topological polar surface area (TPSA) is 125 Å². The van der Waals surface area contributed by atoms with Crippen LogP contribution in [0.15, 0.2) is 38.4 Å². The van der Waals surface area contributed by atoms with E-state index in [1.54, 1.807) is 10.6 Å². The largest absolute Gasteiger partial charge is 0.457 e. The molecule has 0 unspecified atom stereocenters. The number of carbonyl (C=O) groups excluding carboxylic acids is 1. The van der Waals surface area contributed by atoms with Crippen LogP contribution >= 0.6 is 0 Å². The number of esters is 1. The van der Waals surface area contributed by atoms with Crippen LogP contribution in [0, 0.1) is 0 Å². The Kier molecular flexibility index (Phi) is 6.20. The Morgan fingerprint density at radius 1 is 1.12 bits per heavy atom. The molecular formula is C22H25N5O5. The minimum Gasteiger partial charge on any atom is -0.457 e. The van der Waals surface area contributed by atoms with Crippen LogP contribution < -0.4 is 11.2 Å². The number of ether oxygens (including phenoxy) is 1. The van der Waals surface area contributed by atoms with E-state index in [0.717, 1.165) is 24.6 Å². The van der Waals surface area contributed by atoms with E-state index in [1.165, 1.54) is 4.57 Å². The van der Waals surface area contributed by atoms with Crippen LogP contribution in [0.4, 0.5) is 0 Å². The van der Waals surface area contributed by atoms with Crippen molar-refractivity contribution in [3.8, 4) is 0 Å². The fourth-order valence-electron chi connectivity index (χ4n) is 3.71. The summed E-state index contributed by atoms with van der Waals surface area (Å²) in [4.78, 5) is 44.3. The lowest BCUT2D eigenvalue weighted by atomic mass is 10.2. The molecule has 0 saturated carbocycles. The van der Waals surface area contributed by atoms with Gasteiger partial charge in [0.25, 0.3) is 5.56 Å². The van der Waals surface area contributed by atoms with E-state index in [1.807, 2.05) is 32.0 Å². The number of imidazole rings is 1. The van der Waals surface area contributed by atoms with Gasteiger partial charge in [-0.15, -0.1) is 0 Å². The number of aromatic amines is 1. The van der Waals surface area contributed by atoms with Crippen LogP contribution in [-0.2, 0) is 35.6 Å². The molecular weight excluding hydrogens is 414 g/mol. The summed E-state index contributed by atoms with van der Waals surface area (Å²) < 4.78 is 13.9. The molecule has 0 aliphatic carbocycles. The summed E-state index contributed by atoms with van der Waals surface area (Å²) in [5.74, 6) is -0.0713. The first-order valence-corrected chi connectivity index (χ1v) is 10.7. The zero-order valence-electron chi connectivity index (χ0n) is 18.1. The summed E-state index contributed by atoms with van der Waals surface area (Å²) in [6.45, 7) is 4.83. The SMILES string of the molecule is CCCCn1c(=O)[nH]c(=O)c2c1nc(COC(=O)Cc1noc3ccccc13)n2CCC. The third-order valence-corrected chi connectivity index (χ3v) is 5.27. The van der Waals surface area contributed by atoms with Crippen LogP contribution in [-0.4, -0.2) is 30.2 Å². The molecule has 168 valence electrons. The maximum absolute atomic E-state index is 12.6. The third kappa shape index (κ3) is 4.08. The van der Waals surface area contributed by atoms with Crippen molar-refractivity contribution >= 4 is 28.1 Å². The first kappa shape index (κ1) is 21.5. The normalized spacial score (nSPS) is 11.4. The number of carbonyl (C=O) groups is 1. The minimum absolute atomic E-state index is 0.0488. The van der Waals surface area contributed by atoms with Crippen molar-refractivity contribution in [1.82, 2.24) is 24.3 Å². The monoisotopic (exact) mass is 439 g/mol. The van der Waals surface area contributed by atoms with Crippen molar-refractivity contribution in [3.05, 3.63) is 56.6 Å². The number of hydrogen-bond acceptors (Lipinski definition) is 7. The van der Waals surface area contributed by atoms with Crippen LogP contribution in [0.5, 0.6) is 0 Å². The Morgan fingerprint density at radius 3 is 2.72 bits per heavy atom. The summed E-state index contributed by atoms with van der Waals surface area (Å²) in [5, 5.41) is 4.71. The Morgan fingerprint density at radius 2 is 1.94 bits per heavy atom. The lowest BCUT2D eigenvalue weighted by Gasteiger charge is -2.08. The summed E-state index contributed by atoms with van der Waals surface area (Å²) >= 11 is 0. The predicted octanol–water partition coefficient (Wildman–Crippen LogP) is 2.52. The number of H-pyrrole nitrogens is 1. The molecule has 0 radical (unpaired) electrons. The van der Waals surface area contributed by atoms with Crippen molar-refractivity contribution in [2.24, 2.45) is 0 Å². The number of hydrogen-bond donors (Lipinski definition) is 1. The molecule has 0 aliphatic rings. The van der Waals surface area contributed by atoms with Gasteiger partial charge in [-0.05, 0) is 25.0 Å². The molecule has 0 amide bonds. The zero-order valence-corrected chi connectivity index (χ0v) is 18.1. The van der Waals surface area contributed by atoms with Crippen LogP contribution in [0.2, 0.25) is 0 Å². The van der Waals surface area contributed by atoms with Gasteiger partial charge >= 0.3 is 11.7 Å².